The summed E-state index contributed by atoms with van der Waals surface area (Å²) in [5, 5.41) is 4.92. The third kappa shape index (κ3) is 3.77. The molecule has 6 aromatic rings. The minimum Gasteiger partial charge on any atom is -0.496 e. The summed E-state index contributed by atoms with van der Waals surface area (Å²) < 4.78 is 8.05. The zero-order valence-corrected chi connectivity index (χ0v) is 19.1. The molecular weight excluding hydrogens is 430 g/mol. The van der Waals surface area contributed by atoms with Crippen LogP contribution in [0, 0.1) is 0 Å². The fourth-order valence-electron chi connectivity index (χ4n) is 4.82. The Hall–Kier alpha value is -4.63. The van der Waals surface area contributed by atoms with Gasteiger partial charge in [-0.1, -0.05) is 78.9 Å². The molecule has 0 aliphatic heterocycles. The lowest BCUT2D eigenvalue weighted by Gasteiger charge is -2.08. The van der Waals surface area contributed by atoms with Crippen LogP contribution in [0.5, 0.6) is 0 Å². The average Bonchev–Trinajstić information content (AvgIpc) is 3.26. The molecule has 0 saturated heterocycles. The molecule has 35 heavy (non-hydrogen) atoms. The van der Waals surface area contributed by atoms with Gasteiger partial charge in [0.1, 0.15) is 12.9 Å². The van der Waals surface area contributed by atoms with Gasteiger partial charge < -0.3 is 9.30 Å². The van der Waals surface area contributed by atoms with Crippen molar-refractivity contribution in [1.82, 2.24) is 4.57 Å². The van der Waals surface area contributed by atoms with Crippen LogP contribution in [0.15, 0.2) is 115 Å². The van der Waals surface area contributed by atoms with Gasteiger partial charge in [0.25, 0.3) is 0 Å². The number of nitrogens with zero attached hydrogens (tertiary/aromatic N) is 1. The molecule has 0 unspecified atom stereocenters. The molecule has 0 aliphatic rings. The fraction of sp³-hybridized carbons (Fsp3) is 0.0312. The van der Waals surface area contributed by atoms with Crippen molar-refractivity contribution in [1.29, 1.82) is 0 Å². The van der Waals surface area contributed by atoms with Crippen LogP contribution >= 0.6 is 0 Å². The Balaban J connectivity index is 1.37. The van der Waals surface area contributed by atoms with Crippen molar-refractivity contribution >= 4 is 44.9 Å². The van der Waals surface area contributed by atoms with Gasteiger partial charge in [0.05, 0.1) is 17.3 Å². The van der Waals surface area contributed by atoms with Crippen LogP contribution < -0.4 is 0 Å². The molecule has 0 bridgehead atoms. The second-order valence-corrected chi connectivity index (χ2v) is 8.56. The maximum Gasteiger partial charge on any atom is 0.150 e. The zero-order chi connectivity index (χ0) is 23.6. The Labute approximate surface area is 203 Å². The van der Waals surface area contributed by atoms with Crippen LogP contribution in [-0.2, 0) is 11.3 Å². The first-order chi connectivity index (χ1) is 17.3. The van der Waals surface area contributed by atoms with E-state index in [-0.39, 0.29) is 0 Å². The van der Waals surface area contributed by atoms with Gasteiger partial charge in [0.15, 0.2) is 0 Å². The lowest BCUT2D eigenvalue weighted by Crippen LogP contribution is -1.93. The van der Waals surface area contributed by atoms with Crippen molar-refractivity contribution in [3.63, 3.8) is 0 Å². The number of hydrogen-bond acceptors (Lipinski definition) is 2. The smallest absolute Gasteiger partial charge is 0.150 e. The molecule has 1 aromatic heterocycles. The molecule has 0 fully saturated rings. The van der Waals surface area contributed by atoms with E-state index in [0.29, 0.717) is 12.2 Å². The monoisotopic (exact) mass is 453 g/mol. The Morgan fingerprint density at radius 3 is 2.40 bits per heavy atom. The van der Waals surface area contributed by atoms with Gasteiger partial charge in [0, 0.05) is 22.0 Å². The highest BCUT2D eigenvalue weighted by Gasteiger charge is 2.14. The summed E-state index contributed by atoms with van der Waals surface area (Å²) in [7, 11) is 0. The lowest BCUT2D eigenvalue weighted by molar-refractivity contribution is 0.112. The van der Waals surface area contributed by atoms with Gasteiger partial charge in [-0.15, -0.1) is 0 Å². The van der Waals surface area contributed by atoms with Crippen LogP contribution in [0.4, 0.5) is 0 Å². The van der Waals surface area contributed by atoms with E-state index in [2.05, 4.69) is 83.4 Å². The summed E-state index contributed by atoms with van der Waals surface area (Å²) in [6.07, 6.45) is 4.52. The molecule has 0 aliphatic carbocycles. The lowest BCUT2D eigenvalue weighted by atomic mass is 10.0. The van der Waals surface area contributed by atoms with E-state index in [9.17, 15) is 4.79 Å². The first-order valence-corrected chi connectivity index (χ1v) is 11.7. The first kappa shape index (κ1) is 20.9. The molecular formula is C32H23NO2. The molecule has 0 spiro atoms. The topological polar surface area (TPSA) is 31.2 Å². The Morgan fingerprint density at radius 2 is 1.51 bits per heavy atom. The number of ether oxygens (including phenoxy) is 1. The highest BCUT2D eigenvalue weighted by atomic mass is 16.5. The van der Waals surface area contributed by atoms with Gasteiger partial charge in [-0.2, -0.15) is 0 Å². The summed E-state index contributed by atoms with van der Waals surface area (Å²) in [6.45, 7) is 0.360. The molecule has 3 nitrogen and oxygen atoms in total. The number of aromatic nitrogens is 1. The van der Waals surface area contributed by atoms with Crippen molar-refractivity contribution in [2.75, 3.05) is 0 Å². The molecule has 0 atom stereocenters. The maximum atomic E-state index is 11.2. The van der Waals surface area contributed by atoms with Gasteiger partial charge in [-0.05, 0) is 58.3 Å². The van der Waals surface area contributed by atoms with Crippen LogP contribution in [0.25, 0.3) is 44.3 Å². The molecule has 0 saturated carbocycles. The van der Waals surface area contributed by atoms with Crippen molar-refractivity contribution in [3.05, 3.63) is 132 Å². The molecule has 6 rings (SSSR count). The molecule has 0 N–H and O–H groups in total. The predicted octanol–water partition coefficient (Wildman–Crippen LogP) is 7.94. The molecule has 0 amide bonds. The van der Waals surface area contributed by atoms with Crippen LogP contribution in [0.1, 0.15) is 21.5 Å². The van der Waals surface area contributed by atoms with Crippen LogP contribution in [0.3, 0.4) is 0 Å². The van der Waals surface area contributed by atoms with Gasteiger partial charge >= 0.3 is 0 Å². The van der Waals surface area contributed by atoms with Gasteiger partial charge in [0.2, 0.25) is 0 Å². The highest BCUT2D eigenvalue weighted by Crippen LogP contribution is 2.37. The molecule has 0 radical (unpaired) electrons. The van der Waals surface area contributed by atoms with E-state index in [1.165, 1.54) is 32.6 Å². The third-order valence-corrected chi connectivity index (χ3v) is 6.47. The number of fused-ring (bicyclic) bond motifs is 5. The van der Waals surface area contributed by atoms with Crippen molar-refractivity contribution in [2.24, 2.45) is 0 Å². The molecule has 3 heteroatoms. The SMILES string of the molecule is O=Cc1ccccc1COC=Cc1ccc2c(ccc3c2c2ccccc2n3-c2ccccc2)c1. The second kappa shape index (κ2) is 8.96. The summed E-state index contributed by atoms with van der Waals surface area (Å²) in [5.41, 5.74) is 6.16. The summed E-state index contributed by atoms with van der Waals surface area (Å²) in [5.74, 6) is 0. The van der Waals surface area contributed by atoms with Gasteiger partial charge in [-0.25, -0.2) is 0 Å². The predicted molar refractivity (Wildman–Crippen MR) is 144 cm³/mol. The number of carbonyl (C=O) groups excluding carboxylic acids is 1. The fourth-order valence-corrected chi connectivity index (χ4v) is 4.82. The van der Waals surface area contributed by atoms with Crippen LogP contribution in [-0.4, -0.2) is 10.9 Å². The standard InChI is InChI=1S/C32H23NO2/c34-21-25-8-4-5-9-26(25)22-35-19-18-23-14-16-28-24(20-23)15-17-31-32(28)29-12-6-7-13-30(29)33(31)27-10-2-1-3-11-27/h1-21H,22H2. The largest absolute Gasteiger partial charge is 0.496 e. The Kier molecular flexibility index (Phi) is 5.36. The minimum atomic E-state index is 0.360. The van der Waals surface area contributed by atoms with E-state index in [1.807, 2.05) is 30.3 Å². The van der Waals surface area contributed by atoms with E-state index < -0.39 is 0 Å². The highest BCUT2D eigenvalue weighted by molar-refractivity contribution is 6.21. The van der Waals surface area contributed by atoms with Crippen molar-refractivity contribution < 1.29 is 9.53 Å². The average molecular weight is 454 g/mol. The van der Waals surface area contributed by atoms with E-state index in [1.54, 1.807) is 12.3 Å². The minimum absolute atomic E-state index is 0.360. The van der Waals surface area contributed by atoms with Crippen molar-refractivity contribution in [3.8, 4) is 5.69 Å². The summed E-state index contributed by atoms with van der Waals surface area (Å²) >= 11 is 0. The number of aldehydes is 1. The number of benzene rings is 5. The number of para-hydroxylation sites is 2. The quantitative estimate of drug-likeness (QED) is 0.189. The summed E-state index contributed by atoms with van der Waals surface area (Å²) in [6, 6.07) is 37.5. The molecule has 1 heterocycles. The number of hydrogen-bond donors (Lipinski definition) is 0. The number of carbonyl (C=O) groups is 1. The van der Waals surface area contributed by atoms with E-state index in [0.717, 1.165) is 23.1 Å². The Morgan fingerprint density at radius 1 is 0.714 bits per heavy atom. The van der Waals surface area contributed by atoms with E-state index in [4.69, 9.17) is 4.74 Å². The zero-order valence-electron chi connectivity index (χ0n) is 19.1. The first-order valence-electron chi connectivity index (χ1n) is 11.7. The normalized spacial score (nSPS) is 11.5. The summed E-state index contributed by atoms with van der Waals surface area (Å²) in [4.78, 5) is 11.2. The third-order valence-electron chi connectivity index (χ3n) is 6.47. The number of rotatable bonds is 6. The maximum absolute atomic E-state index is 11.2. The van der Waals surface area contributed by atoms with E-state index >= 15 is 0 Å². The van der Waals surface area contributed by atoms with Gasteiger partial charge in [-0.3, -0.25) is 4.79 Å². The Bertz CT molecular complexity index is 1710. The van der Waals surface area contributed by atoms with Crippen molar-refractivity contribution in [2.45, 2.75) is 6.61 Å². The van der Waals surface area contributed by atoms with Crippen LogP contribution in [0.2, 0.25) is 0 Å². The second-order valence-electron chi connectivity index (χ2n) is 8.56. The molecule has 168 valence electrons. The molecule has 5 aromatic carbocycles.